The van der Waals surface area contributed by atoms with Gasteiger partial charge in [0.1, 0.15) is 5.78 Å². The summed E-state index contributed by atoms with van der Waals surface area (Å²) in [6.07, 6.45) is 16.0. The Balaban J connectivity index is 2.00. The topological polar surface area (TPSA) is 79.0 Å². The minimum Gasteiger partial charge on any atom is -0.425 e. The summed E-state index contributed by atoms with van der Waals surface area (Å²) in [4.78, 5) is 15.9. The van der Waals surface area contributed by atoms with Gasteiger partial charge < -0.3 is 5.21 Å². The lowest BCUT2D eigenvalue weighted by molar-refractivity contribution is -0.118. The first-order chi connectivity index (χ1) is 11.6. The maximum atomic E-state index is 11.9. The number of hydrogen-bond donors (Lipinski definition) is 2. The van der Waals surface area contributed by atoms with E-state index in [9.17, 15) is 10.0 Å². The monoisotopic (exact) mass is 335 g/mol. The van der Waals surface area contributed by atoms with Gasteiger partial charge in [-0.15, -0.1) is 0 Å². The fourth-order valence-corrected chi connectivity index (χ4v) is 2.83. The molecule has 0 aliphatic heterocycles. The number of carbonyl (C=O) groups excluding carboxylic acids is 1. The lowest BCUT2D eigenvalue weighted by atomic mass is 10.0. The minimum atomic E-state index is -0.0532. The van der Waals surface area contributed by atoms with Crippen LogP contribution in [0.25, 0.3) is 0 Å². The second-order valence-corrected chi connectivity index (χ2v) is 6.56. The lowest BCUT2D eigenvalue weighted by Crippen LogP contribution is -2.23. The van der Waals surface area contributed by atoms with Gasteiger partial charge in [0.05, 0.1) is 6.42 Å². The smallest absolute Gasteiger partial charge is 0.164 e. The van der Waals surface area contributed by atoms with Crippen LogP contribution in [-0.2, 0) is 11.2 Å². The van der Waals surface area contributed by atoms with Crippen LogP contribution >= 0.6 is 0 Å². The average Bonchev–Trinajstić information content (AvgIpc) is 2.57. The van der Waals surface area contributed by atoms with Crippen LogP contribution < -0.4 is 5.49 Å². The largest absolute Gasteiger partial charge is 0.425 e. The Morgan fingerprint density at radius 3 is 2.17 bits per heavy atom. The molecule has 0 radical (unpaired) electrons. The van der Waals surface area contributed by atoms with Gasteiger partial charge >= 0.3 is 0 Å². The highest BCUT2D eigenvalue weighted by Crippen LogP contribution is 2.12. The van der Waals surface area contributed by atoms with Crippen LogP contribution in [0, 0.1) is 5.41 Å². The zero-order valence-electron chi connectivity index (χ0n) is 15.1. The molecule has 1 aromatic rings. The van der Waals surface area contributed by atoms with Gasteiger partial charge in [0, 0.05) is 18.7 Å². The number of rotatable bonds is 14. The van der Waals surface area contributed by atoms with Crippen molar-refractivity contribution in [3.05, 3.63) is 23.6 Å². The molecule has 1 rings (SSSR count). The molecular weight excluding hydrogens is 302 g/mol. The Hall–Kier alpha value is -1.65. The molecule has 1 aromatic heterocycles. The van der Waals surface area contributed by atoms with Gasteiger partial charge in [-0.25, -0.2) is 4.98 Å². The number of nitrogens with one attached hydrogen (secondary N) is 1. The van der Waals surface area contributed by atoms with E-state index in [1.807, 2.05) is 0 Å². The normalized spacial score (nSPS) is 10.9. The summed E-state index contributed by atoms with van der Waals surface area (Å²) in [7, 11) is 0. The van der Waals surface area contributed by atoms with Crippen LogP contribution in [0.15, 0.2) is 12.3 Å². The fraction of sp³-hybridized carbons (Fsp3) is 0.737. The average molecular weight is 335 g/mol. The fourth-order valence-electron chi connectivity index (χ4n) is 2.83. The number of nitrogens with zero attached hydrogens (tertiary/aromatic N) is 2. The standard InChI is InChI=1S/C19H33N3O2/c1-2-3-4-5-6-7-8-9-10-11-12-13-17(23)16-19-21-15-14-18(20)22(19)24/h14-15,20,24H,2-13,16H2,1H3. The van der Waals surface area contributed by atoms with Gasteiger partial charge in [-0.1, -0.05) is 71.1 Å². The molecule has 0 atom stereocenters. The first kappa shape index (κ1) is 20.4. The molecule has 5 nitrogen and oxygen atoms in total. The van der Waals surface area contributed by atoms with E-state index < -0.39 is 0 Å². The van der Waals surface area contributed by atoms with Crippen LogP contribution in [-0.4, -0.2) is 20.7 Å². The van der Waals surface area contributed by atoms with E-state index in [1.54, 1.807) is 0 Å². The highest BCUT2D eigenvalue weighted by molar-refractivity contribution is 5.80. The van der Waals surface area contributed by atoms with Gasteiger partial charge in [-0.2, -0.15) is 4.73 Å². The highest BCUT2D eigenvalue weighted by atomic mass is 16.5. The maximum Gasteiger partial charge on any atom is 0.164 e. The van der Waals surface area contributed by atoms with Crippen LogP contribution in [0.5, 0.6) is 0 Å². The molecule has 136 valence electrons. The van der Waals surface area contributed by atoms with Crippen molar-refractivity contribution in [2.45, 2.75) is 90.4 Å². The summed E-state index contributed by atoms with van der Waals surface area (Å²) in [6.45, 7) is 2.25. The molecule has 1 heterocycles. The summed E-state index contributed by atoms with van der Waals surface area (Å²) in [5.41, 5.74) is -0.0532. The molecule has 0 bridgehead atoms. The van der Waals surface area contributed by atoms with Crippen LogP contribution in [0.4, 0.5) is 0 Å². The predicted octanol–water partition coefficient (Wildman–Crippen LogP) is 4.41. The van der Waals surface area contributed by atoms with Crippen molar-refractivity contribution in [2.24, 2.45) is 0 Å². The van der Waals surface area contributed by atoms with E-state index in [0.717, 1.165) is 12.8 Å². The molecular formula is C19H33N3O2. The molecule has 0 saturated heterocycles. The molecule has 0 spiro atoms. The molecule has 0 saturated carbocycles. The quantitative estimate of drug-likeness (QED) is 0.390. The van der Waals surface area contributed by atoms with E-state index in [1.165, 1.54) is 70.1 Å². The van der Waals surface area contributed by atoms with Crippen LogP contribution in [0.3, 0.4) is 0 Å². The van der Waals surface area contributed by atoms with Crippen molar-refractivity contribution in [3.8, 4) is 0 Å². The minimum absolute atomic E-state index is 0.0532. The number of Topliss-reactive ketones (excluding diaryl/α,β-unsaturated/α-hetero) is 1. The maximum absolute atomic E-state index is 11.9. The summed E-state index contributed by atoms with van der Waals surface area (Å²) >= 11 is 0. The SMILES string of the molecule is CCCCCCCCCCCCCC(=O)Cc1nccc(=N)n1O. The lowest BCUT2D eigenvalue weighted by Gasteiger charge is -2.05. The Morgan fingerprint density at radius 2 is 1.58 bits per heavy atom. The zero-order valence-corrected chi connectivity index (χ0v) is 15.1. The number of ketones is 1. The molecule has 0 aromatic carbocycles. The zero-order chi connectivity index (χ0) is 17.6. The van der Waals surface area contributed by atoms with E-state index in [-0.39, 0.29) is 23.5 Å². The van der Waals surface area contributed by atoms with Gasteiger partial charge in [-0.05, 0) is 6.42 Å². The van der Waals surface area contributed by atoms with Gasteiger partial charge in [0.25, 0.3) is 0 Å². The van der Waals surface area contributed by atoms with E-state index in [4.69, 9.17) is 5.41 Å². The van der Waals surface area contributed by atoms with Gasteiger partial charge in [0.2, 0.25) is 0 Å². The van der Waals surface area contributed by atoms with E-state index in [2.05, 4.69) is 11.9 Å². The second kappa shape index (κ2) is 12.7. The number of carbonyl (C=O) groups is 1. The van der Waals surface area contributed by atoms with E-state index in [0.29, 0.717) is 11.2 Å². The van der Waals surface area contributed by atoms with Crippen molar-refractivity contribution in [2.75, 3.05) is 0 Å². The Kier molecular flexibility index (Phi) is 10.8. The molecule has 5 heteroatoms. The third-order valence-corrected chi connectivity index (χ3v) is 4.34. The molecule has 0 fully saturated rings. The number of aromatic nitrogens is 2. The highest BCUT2D eigenvalue weighted by Gasteiger charge is 2.08. The summed E-state index contributed by atoms with van der Waals surface area (Å²) in [5.74, 6) is 0.322. The predicted molar refractivity (Wildman–Crippen MR) is 95.1 cm³/mol. The molecule has 0 unspecified atom stereocenters. The first-order valence-corrected chi connectivity index (χ1v) is 9.47. The second-order valence-electron chi connectivity index (χ2n) is 6.56. The van der Waals surface area contributed by atoms with E-state index >= 15 is 0 Å². The van der Waals surface area contributed by atoms with Crippen LogP contribution in [0.2, 0.25) is 0 Å². The summed E-state index contributed by atoms with van der Waals surface area (Å²) in [5, 5.41) is 17.1. The van der Waals surface area contributed by atoms with Gasteiger partial charge in [0.15, 0.2) is 11.3 Å². The third kappa shape index (κ3) is 8.85. The Morgan fingerprint density at radius 1 is 1.04 bits per heavy atom. The molecule has 0 aliphatic rings. The molecule has 2 N–H and O–H groups in total. The van der Waals surface area contributed by atoms with Crippen molar-refractivity contribution in [3.63, 3.8) is 0 Å². The van der Waals surface area contributed by atoms with Gasteiger partial charge in [-0.3, -0.25) is 10.2 Å². The number of hydrogen-bond acceptors (Lipinski definition) is 4. The van der Waals surface area contributed by atoms with Crippen molar-refractivity contribution >= 4 is 5.78 Å². The number of unbranched alkanes of at least 4 members (excludes halogenated alkanes) is 10. The Labute approximate surface area is 145 Å². The van der Waals surface area contributed by atoms with Crippen molar-refractivity contribution in [1.29, 1.82) is 5.41 Å². The van der Waals surface area contributed by atoms with Crippen molar-refractivity contribution in [1.82, 2.24) is 9.71 Å². The van der Waals surface area contributed by atoms with Crippen molar-refractivity contribution < 1.29 is 10.0 Å². The summed E-state index contributed by atoms with van der Waals surface area (Å²) in [6, 6.07) is 1.39. The van der Waals surface area contributed by atoms with Crippen LogP contribution in [0.1, 0.15) is 89.8 Å². The Bertz CT molecular complexity index is 526. The third-order valence-electron chi connectivity index (χ3n) is 4.34. The summed E-state index contributed by atoms with van der Waals surface area (Å²) < 4.78 is 0.679. The first-order valence-electron chi connectivity index (χ1n) is 9.47. The molecule has 0 aliphatic carbocycles. The molecule has 24 heavy (non-hydrogen) atoms. The molecule has 0 amide bonds.